The molecule has 1 atom stereocenters. The summed E-state index contributed by atoms with van der Waals surface area (Å²) in [5, 5.41) is 24.6. The van der Waals surface area contributed by atoms with Crippen molar-refractivity contribution in [2.45, 2.75) is 39.2 Å². The summed E-state index contributed by atoms with van der Waals surface area (Å²) in [4.78, 5) is 56.9. The maximum absolute atomic E-state index is 12.9. The van der Waals surface area contributed by atoms with Gasteiger partial charge in [0, 0.05) is 12.8 Å². The van der Waals surface area contributed by atoms with Crippen LogP contribution in [0.1, 0.15) is 32.3 Å². The van der Waals surface area contributed by atoms with E-state index in [1.54, 1.807) is 62.5 Å². The van der Waals surface area contributed by atoms with Crippen LogP contribution in [0.2, 0.25) is 0 Å². The van der Waals surface area contributed by atoms with Gasteiger partial charge < -0.3 is 42.6 Å². The highest BCUT2D eigenvalue weighted by Crippen LogP contribution is 2.34. The number of rotatable bonds is 15. The molecule has 52 heavy (non-hydrogen) atoms. The number of nitrogens with two attached hydrogens (primary N) is 3. The molecule has 2 amide bonds. The van der Waals surface area contributed by atoms with Crippen molar-refractivity contribution in [1.29, 1.82) is 0 Å². The first kappa shape index (κ1) is 38.1. The van der Waals surface area contributed by atoms with Gasteiger partial charge in [-0.15, -0.1) is 20.5 Å². The number of nitrogen functional groups attached to an aromatic ring is 2. The van der Waals surface area contributed by atoms with Gasteiger partial charge in [-0.2, -0.15) is 0 Å². The molecule has 0 aliphatic rings. The van der Waals surface area contributed by atoms with Crippen molar-refractivity contribution >= 4 is 69.8 Å². The molecule has 0 unspecified atom stereocenters. The van der Waals surface area contributed by atoms with Crippen molar-refractivity contribution in [2.24, 2.45) is 26.2 Å². The average Bonchev–Trinajstić information content (AvgIpc) is 3.11. The lowest BCUT2D eigenvalue weighted by molar-refractivity contribution is -0.135. The highest BCUT2D eigenvalue weighted by molar-refractivity contribution is 5.94. The molecule has 4 aromatic rings. The minimum absolute atomic E-state index is 0.0131. The number of likely N-dealkylation sites (N-methyl/N-ethyl adjacent to an activating group) is 1. The van der Waals surface area contributed by atoms with Crippen LogP contribution in [0.5, 0.6) is 11.5 Å². The summed E-state index contributed by atoms with van der Waals surface area (Å²) in [5.41, 5.74) is 19.2. The number of aromatic nitrogens is 2. The predicted molar refractivity (Wildman–Crippen MR) is 193 cm³/mol. The van der Waals surface area contributed by atoms with E-state index in [-0.39, 0.29) is 89.2 Å². The number of carbonyl (C=O) groups is 4. The minimum Gasteiger partial charge on any atom is -0.424 e. The predicted octanol–water partition coefficient (Wildman–Crippen LogP) is 4.77. The zero-order chi connectivity index (χ0) is 37.6. The van der Waals surface area contributed by atoms with Gasteiger partial charge in [0.05, 0.1) is 12.6 Å². The molecule has 0 radical (unpaired) electrons. The molecule has 0 saturated carbocycles. The molecule has 2 aromatic heterocycles. The zero-order valence-corrected chi connectivity index (χ0v) is 28.6. The smallest absolute Gasteiger partial charge is 0.311 e. The Balaban J connectivity index is 1.44. The summed E-state index contributed by atoms with van der Waals surface area (Å²) in [7, 11) is 1.65. The lowest BCUT2D eigenvalue weighted by Crippen LogP contribution is -2.32. The van der Waals surface area contributed by atoms with Crippen molar-refractivity contribution in [3.8, 4) is 11.5 Å². The van der Waals surface area contributed by atoms with Crippen LogP contribution in [0.25, 0.3) is 0 Å². The fourth-order valence-corrected chi connectivity index (χ4v) is 4.17. The van der Waals surface area contributed by atoms with Crippen LogP contribution in [-0.4, -0.2) is 53.4 Å². The second-order valence-corrected chi connectivity index (χ2v) is 11.0. The number of aryl methyl sites for hydroxylation is 1. The largest absolute Gasteiger partial charge is 0.424 e. The zero-order valence-electron chi connectivity index (χ0n) is 28.6. The van der Waals surface area contributed by atoms with Gasteiger partial charge in [-0.3, -0.25) is 19.2 Å². The normalized spacial score (nSPS) is 11.7. The Morgan fingerprint density at radius 2 is 1.33 bits per heavy atom. The fourth-order valence-electron chi connectivity index (χ4n) is 4.17. The summed E-state index contributed by atoms with van der Waals surface area (Å²) in [6, 6.07) is 16.8. The van der Waals surface area contributed by atoms with Crippen LogP contribution in [0, 0.1) is 0 Å². The van der Waals surface area contributed by atoms with Crippen molar-refractivity contribution < 1.29 is 28.7 Å². The fraction of sp³-hybridized carbons (Fsp3) is 0.235. The molecule has 2 heterocycles. The van der Waals surface area contributed by atoms with E-state index < -0.39 is 23.9 Å². The summed E-state index contributed by atoms with van der Waals surface area (Å²) >= 11 is 0. The molecule has 2 aromatic carbocycles. The molecule has 9 N–H and O–H groups in total. The van der Waals surface area contributed by atoms with E-state index in [0.29, 0.717) is 5.56 Å². The molecule has 18 nitrogen and oxygen atoms in total. The number of para-hydroxylation sites is 1. The van der Waals surface area contributed by atoms with E-state index >= 15 is 0 Å². The van der Waals surface area contributed by atoms with Gasteiger partial charge >= 0.3 is 11.9 Å². The number of amides is 2. The molecule has 18 heteroatoms. The van der Waals surface area contributed by atoms with Crippen LogP contribution in [0.15, 0.2) is 87.2 Å². The number of carbonyl (C=O) groups excluding carboxylic acids is 4. The first-order valence-corrected chi connectivity index (χ1v) is 16.0. The van der Waals surface area contributed by atoms with E-state index in [1.807, 2.05) is 0 Å². The van der Waals surface area contributed by atoms with Crippen LogP contribution in [0.3, 0.4) is 0 Å². The van der Waals surface area contributed by atoms with E-state index in [9.17, 15) is 19.2 Å². The third kappa shape index (κ3) is 11.2. The first-order valence-electron chi connectivity index (χ1n) is 16.0. The highest BCUT2D eigenvalue weighted by Gasteiger charge is 2.14. The van der Waals surface area contributed by atoms with Crippen LogP contribution < -0.4 is 42.6 Å². The van der Waals surface area contributed by atoms with Crippen molar-refractivity contribution in [3.63, 3.8) is 0 Å². The Morgan fingerprint density at radius 3 is 1.94 bits per heavy atom. The maximum Gasteiger partial charge on any atom is 0.311 e. The number of ether oxygens (including phenoxy) is 2. The van der Waals surface area contributed by atoms with Gasteiger partial charge in [-0.1, -0.05) is 25.1 Å². The summed E-state index contributed by atoms with van der Waals surface area (Å²) in [6.07, 6.45) is 0.341. The summed E-state index contributed by atoms with van der Waals surface area (Å²) < 4.78 is 11.0. The second-order valence-electron chi connectivity index (χ2n) is 11.0. The number of pyridine rings is 2. The Hall–Kier alpha value is -6.66. The third-order valence-corrected chi connectivity index (χ3v) is 6.85. The lowest BCUT2D eigenvalue weighted by Gasteiger charge is -2.10. The number of esters is 2. The van der Waals surface area contributed by atoms with Crippen molar-refractivity contribution in [1.82, 2.24) is 15.3 Å². The number of azo groups is 2. The van der Waals surface area contributed by atoms with Crippen LogP contribution >= 0.6 is 0 Å². The van der Waals surface area contributed by atoms with Crippen LogP contribution in [0.4, 0.5) is 46.0 Å². The number of benzene rings is 2. The molecule has 270 valence electrons. The number of hydrogen-bond donors (Lipinski definition) is 6. The Kier molecular flexibility index (Phi) is 13.5. The number of nitrogens with one attached hydrogen (secondary N) is 3. The van der Waals surface area contributed by atoms with Crippen molar-refractivity contribution in [2.75, 3.05) is 35.7 Å². The van der Waals surface area contributed by atoms with E-state index in [0.717, 1.165) is 0 Å². The van der Waals surface area contributed by atoms with E-state index in [1.165, 1.54) is 25.1 Å². The standard InChI is InChI=1S/C34H38N12O6/c1-4-30(48)51-26-13-9-20(17-24(26)46-45-23-12-15-28(41-33(23)37)42-34(50)19(2)35)10-16-31(49)52-25-8-6-5-7-21(25)43-44-22-11-14-27(40-32(22)36)39-29(47)18-38-3/h5-9,11-15,17,19,38H,4,10,16,18,35H2,1-3H3,(H3,36,39,40,47)(H3,37,41,42,50)/b44-43+,46-45+/t19-/m0/s1. The highest BCUT2D eigenvalue weighted by atomic mass is 16.5. The molecule has 0 bridgehead atoms. The topological polar surface area (TPSA) is 276 Å². The van der Waals surface area contributed by atoms with Gasteiger partial charge in [-0.05, 0) is 74.5 Å². The van der Waals surface area contributed by atoms with Gasteiger partial charge in [0.15, 0.2) is 23.1 Å². The molecule has 4 rings (SSSR count). The van der Waals surface area contributed by atoms with Gasteiger partial charge in [0.2, 0.25) is 11.8 Å². The van der Waals surface area contributed by atoms with E-state index in [2.05, 4.69) is 46.4 Å². The van der Waals surface area contributed by atoms with Gasteiger partial charge in [0.25, 0.3) is 0 Å². The number of nitrogens with zero attached hydrogens (tertiary/aromatic N) is 6. The molecule has 0 aliphatic heterocycles. The SMILES string of the molecule is CCC(=O)Oc1ccc(CCC(=O)Oc2ccccc2/N=N/c2ccc(NC(=O)CNC)nc2N)cc1/N=N/c1ccc(NC(=O)[C@H](C)N)nc1N. The van der Waals surface area contributed by atoms with Gasteiger partial charge in [-0.25, -0.2) is 9.97 Å². The minimum atomic E-state index is -0.742. The molecule has 0 spiro atoms. The number of hydrogen-bond acceptors (Lipinski definition) is 16. The maximum atomic E-state index is 12.9. The molecule has 0 aliphatic carbocycles. The molecule has 0 saturated heterocycles. The Morgan fingerprint density at radius 1 is 0.750 bits per heavy atom. The average molecular weight is 711 g/mol. The monoisotopic (exact) mass is 710 g/mol. The van der Waals surface area contributed by atoms with Crippen molar-refractivity contribution in [3.05, 3.63) is 72.3 Å². The number of anilines is 4. The Labute approximate surface area is 298 Å². The first-order chi connectivity index (χ1) is 24.9. The molecular weight excluding hydrogens is 672 g/mol. The van der Waals surface area contributed by atoms with E-state index in [4.69, 9.17) is 26.7 Å². The second kappa shape index (κ2) is 18.4. The van der Waals surface area contributed by atoms with Crippen LogP contribution in [-0.2, 0) is 25.6 Å². The summed E-state index contributed by atoms with van der Waals surface area (Å²) in [5.74, 6) is -0.955. The summed E-state index contributed by atoms with van der Waals surface area (Å²) in [6.45, 7) is 3.30. The third-order valence-electron chi connectivity index (χ3n) is 6.85. The molecule has 0 fully saturated rings. The lowest BCUT2D eigenvalue weighted by atomic mass is 10.1. The Bertz CT molecular complexity index is 2000. The quantitative estimate of drug-likeness (QED) is 0.0553. The van der Waals surface area contributed by atoms with Gasteiger partial charge in [0.1, 0.15) is 34.4 Å². The molecular formula is C34H38N12O6.